The normalized spacial score (nSPS) is 11.6. The summed E-state index contributed by atoms with van der Waals surface area (Å²) >= 11 is 0. The van der Waals surface area contributed by atoms with Crippen molar-refractivity contribution < 1.29 is 23.8 Å². The van der Waals surface area contributed by atoms with Crippen molar-refractivity contribution in [2.45, 2.75) is 19.9 Å². The minimum Gasteiger partial charge on any atom is -0.490 e. The zero-order valence-electron chi connectivity index (χ0n) is 12.5. The first kappa shape index (κ1) is 17.0. The third kappa shape index (κ3) is 5.43. The second-order valence-electron chi connectivity index (χ2n) is 4.44. The number of carbonyl (C=O) groups is 2. The molecular weight excluding hydrogens is 274 g/mol. The van der Waals surface area contributed by atoms with Crippen LogP contribution >= 0.6 is 0 Å². The maximum Gasteiger partial charge on any atom is 0.258 e. The van der Waals surface area contributed by atoms with Gasteiger partial charge < -0.3 is 19.5 Å². The molecule has 1 rings (SSSR count). The Kier molecular flexibility index (Phi) is 7.25. The predicted molar refractivity (Wildman–Crippen MR) is 78.0 cm³/mol. The van der Waals surface area contributed by atoms with Crippen LogP contribution in [0.25, 0.3) is 0 Å². The minimum absolute atomic E-state index is 0.112. The van der Waals surface area contributed by atoms with Crippen molar-refractivity contribution in [3.05, 3.63) is 23.8 Å². The van der Waals surface area contributed by atoms with E-state index in [-0.39, 0.29) is 24.3 Å². The first-order chi connectivity index (χ1) is 10.1. The number of aldehydes is 1. The number of benzene rings is 1. The van der Waals surface area contributed by atoms with Gasteiger partial charge in [0.2, 0.25) is 0 Å². The molecule has 0 fully saturated rings. The molecule has 0 aliphatic rings. The second-order valence-corrected chi connectivity index (χ2v) is 4.44. The van der Waals surface area contributed by atoms with Gasteiger partial charge in [0.25, 0.3) is 5.91 Å². The number of hydrogen-bond donors (Lipinski definition) is 1. The van der Waals surface area contributed by atoms with E-state index in [9.17, 15) is 9.59 Å². The molecule has 1 amide bonds. The van der Waals surface area contributed by atoms with Gasteiger partial charge in [-0.1, -0.05) is 6.07 Å². The molecule has 21 heavy (non-hydrogen) atoms. The van der Waals surface area contributed by atoms with Gasteiger partial charge in [0.1, 0.15) is 0 Å². The lowest BCUT2D eigenvalue weighted by molar-refractivity contribution is -0.124. The van der Waals surface area contributed by atoms with Crippen molar-refractivity contribution >= 4 is 12.2 Å². The van der Waals surface area contributed by atoms with Crippen LogP contribution in [-0.2, 0) is 9.53 Å². The molecule has 6 nitrogen and oxygen atoms in total. The van der Waals surface area contributed by atoms with Crippen LogP contribution < -0.4 is 14.8 Å². The van der Waals surface area contributed by atoms with Gasteiger partial charge in [-0.05, 0) is 26.0 Å². The number of hydrogen-bond acceptors (Lipinski definition) is 5. The maximum atomic E-state index is 11.7. The van der Waals surface area contributed by atoms with Crippen molar-refractivity contribution in [3.8, 4) is 11.5 Å². The fourth-order valence-corrected chi connectivity index (χ4v) is 1.80. The molecule has 0 saturated carbocycles. The smallest absolute Gasteiger partial charge is 0.258 e. The summed E-state index contributed by atoms with van der Waals surface area (Å²) in [6.07, 6.45) is 0.670. The quantitative estimate of drug-likeness (QED) is 0.698. The molecule has 1 N–H and O–H groups in total. The van der Waals surface area contributed by atoms with E-state index >= 15 is 0 Å². The zero-order valence-corrected chi connectivity index (χ0v) is 12.5. The molecule has 0 aliphatic carbocycles. The minimum atomic E-state index is -0.289. The summed E-state index contributed by atoms with van der Waals surface area (Å²) < 4.78 is 15.8. The van der Waals surface area contributed by atoms with Gasteiger partial charge >= 0.3 is 0 Å². The average Bonchev–Trinajstić information content (AvgIpc) is 2.46. The predicted octanol–water partition coefficient (Wildman–Crippen LogP) is 1.43. The van der Waals surface area contributed by atoms with E-state index in [0.717, 1.165) is 0 Å². The van der Waals surface area contributed by atoms with Gasteiger partial charge in [0.05, 0.1) is 18.8 Å². The maximum absolute atomic E-state index is 11.7. The van der Waals surface area contributed by atoms with Gasteiger partial charge in [-0.25, -0.2) is 0 Å². The molecule has 0 bridgehead atoms. The Hall–Kier alpha value is -2.08. The summed E-state index contributed by atoms with van der Waals surface area (Å²) in [5, 5.41) is 2.72. The number of amides is 1. The van der Waals surface area contributed by atoms with Gasteiger partial charge in [0.15, 0.2) is 24.4 Å². The topological polar surface area (TPSA) is 73.9 Å². The highest BCUT2D eigenvalue weighted by Gasteiger charge is 2.13. The van der Waals surface area contributed by atoms with E-state index in [1.54, 1.807) is 25.3 Å². The van der Waals surface area contributed by atoms with Crippen LogP contribution in [0.15, 0.2) is 18.2 Å². The number of methoxy groups -OCH3 is 1. The summed E-state index contributed by atoms with van der Waals surface area (Å²) in [5.41, 5.74) is 0.346. The van der Waals surface area contributed by atoms with Crippen LogP contribution in [0.5, 0.6) is 11.5 Å². The monoisotopic (exact) mass is 295 g/mol. The van der Waals surface area contributed by atoms with Crippen LogP contribution in [0, 0.1) is 0 Å². The SMILES string of the molecule is CCOc1cccc(C=O)c1OCC(=O)NC(C)COC. The number of nitrogens with one attached hydrogen (secondary N) is 1. The first-order valence-electron chi connectivity index (χ1n) is 6.74. The van der Waals surface area contributed by atoms with Gasteiger partial charge in [-0.15, -0.1) is 0 Å². The van der Waals surface area contributed by atoms with Gasteiger partial charge in [-0.3, -0.25) is 9.59 Å². The molecular formula is C15H21NO5. The van der Waals surface area contributed by atoms with Crippen molar-refractivity contribution in [2.75, 3.05) is 26.9 Å². The molecule has 0 saturated heterocycles. The molecule has 0 heterocycles. The Bertz CT molecular complexity index is 475. The van der Waals surface area contributed by atoms with E-state index in [2.05, 4.69) is 5.32 Å². The lowest BCUT2D eigenvalue weighted by Gasteiger charge is -2.15. The fourth-order valence-electron chi connectivity index (χ4n) is 1.80. The van der Waals surface area contributed by atoms with Crippen LogP contribution in [0.2, 0.25) is 0 Å². The van der Waals surface area contributed by atoms with E-state index in [4.69, 9.17) is 14.2 Å². The Morgan fingerprint density at radius 1 is 1.38 bits per heavy atom. The molecule has 0 aromatic heterocycles. The van der Waals surface area contributed by atoms with E-state index in [1.165, 1.54) is 0 Å². The third-order valence-corrected chi connectivity index (χ3v) is 2.61. The van der Waals surface area contributed by atoms with Crippen molar-refractivity contribution in [3.63, 3.8) is 0 Å². The summed E-state index contributed by atoms with van der Waals surface area (Å²) in [4.78, 5) is 22.8. The highest BCUT2D eigenvalue weighted by molar-refractivity contribution is 5.82. The van der Waals surface area contributed by atoms with E-state index in [0.29, 0.717) is 30.8 Å². The highest BCUT2D eigenvalue weighted by Crippen LogP contribution is 2.30. The molecule has 0 radical (unpaired) electrons. The summed E-state index contributed by atoms with van der Waals surface area (Å²) in [6.45, 7) is 4.32. The largest absolute Gasteiger partial charge is 0.490 e. The van der Waals surface area contributed by atoms with Crippen molar-refractivity contribution in [2.24, 2.45) is 0 Å². The molecule has 1 unspecified atom stereocenters. The van der Waals surface area contributed by atoms with Gasteiger partial charge in [-0.2, -0.15) is 0 Å². The Balaban J connectivity index is 2.69. The lowest BCUT2D eigenvalue weighted by atomic mass is 10.2. The Labute approximate surface area is 124 Å². The molecule has 116 valence electrons. The Morgan fingerprint density at radius 2 is 2.14 bits per heavy atom. The van der Waals surface area contributed by atoms with Crippen LogP contribution in [0.1, 0.15) is 24.2 Å². The van der Waals surface area contributed by atoms with E-state index < -0.39 is 0 Å². The number of ether oxygens (including phenoxy) is 3. The average molecular weight is 295 g/mol. The number of carbonyl (C=O) groups excluding carboxylic acids is 2. The highest BCUT2D eigenvalue weighted by atomic mass is 16.5. The lowest BCUT2D eigenvalue weighted by Crippen LogP contribution is -2.38. The van der Waals surface area contributed by atoms with Crippen LogP contribution in [-0.4, -0.2) is 45.2 Å². The van der Waals surface area contributed by atoms with Crippen molar-refractivity contribution in [1.29, 1.82) is 0 Å². The third-order valence-electron chi connectivity index (χ3n) is 2.61. The van der Waals surface area contributed by atoms with Gasteiger partial charge in [0, 0.05) is 13.2 Å². The summed E-state index contributed by atoms with van der Waals surface area (Å²) in [5.74, 6) is 0.437. The molecule has 0 spiro atoms. The standard InChI is InChI=1S/C15H21NO5/c1-4-20-13-7-5-6-12(8-17)15(13)21-10-14(18)16-11(2)9-19-3/h5-8,11H,4,9-10H2,1-3H3,(H,16,18). The second kappa shape index (κ2) is 8.97. The van der Waals surface area contributed by atoms with E-state index in [1.807, 2.05) is 13.8 Å². The molecule has 1 aromatic carbocycles. The zero-order chi connectivity index (χ0) is 15.7. The Morgan fingerprint density at radius 3 is 2.76 bits per heavy atom. The molecule has 1 atom stereocenters. The van der Waals surface area contributed by atoms with Crippen molar-refractivity contribution in [1.82, 2.24) is 5.32 Å². The summed E-state index contributed by atoms with van der Waals surface area (Å²) in [7, 11) is 1.56. The first-order valence-corrected chi connectivity index (χ1v) is 6.74. The fraction of sp³-hybridized carbons (Fsp3) is 0.467. The van der Waals surface area contributed by atoms with Crippen LogP contribution in [0.4, 0.5) is 0 Å². The van der Waals surface area contributed by atoms with Crippen LogP contribution in [0.3, 0.4) is 0 Å². The number of para-hydroxylation sites is 1. The molecule has 0 aliphatic heterocycles. The molecule has 6 heteroatoms. The summed E-state index contributed by atoms with van der Waals surface area (Å²) in [6, 6.07) is 4.88. The molecule has 1 aromatic rings. The number of rotatable bonds is 9.